The van der Waals surface area contributed by atoms with E-state index in [2.05, 4.69) is 10.1 Å². The molecule has 0 aliphatic rings. The van der Waals surface area contributed by atoms with E-state index in [1.165, 1.54) is 0 Å². The number of aryl methyl sites for hydroxylation is 1. The van der Waals surface area contributed by atoms with Gasteiger partial charge in [-0.15, -0.1) is 0 Å². The van der Waals surface area contributed by atoms with E-state index in [0.29, 0.717) is 5.69 Å². The number of carbonyl (C=O) groups excluding carboxylic acids is 1. The van der Waals surface area contributed by atoms with Gasteiger partial charge in [-0.3, -0.25) is 9.48 Å². The van der Waals surface area contributed by atoms with E-state index in [1.54, 1.807) is 11.6 Å². The Morgan fingerprint density at radius 1 is 1.28 bits per heavy atom. The molecule has 3 rings (SSSR count). The summed E-state index contributed by atoms with van der Waals surface area (Å²) in [5.74, 6) is 0.0202. The second kappa shape index (κ2) is 3.84. The molecule has 0 spiro atoms. The van der Waals surface area contributed by atoms with E-state index in [0.717, 1.165) is 22.2 Å². The number of hydrogen-bond acceptors (Lipinski definition) is 2. The van der Waals surface area contributed by atoms with Crippen molar-refractivity contribution >= 4 is 16.7 Å². The van der Waals surface area contributed by atoms with Gasteiger partial charge in [0.25, 0.3) is 0 Å². The number of aromatic nitrogens is 3. The van der Waals surface area contributed by atoms with Gasteiger partial charge in [-0.1, -0.05) is 18.2 Å². The molecule has 0 saturated heterocycles. The molecule has 0 aliphatic carbocycles. The van der Waals surface area contributed by atoms with Crippen LogP contribution in [0, 0.1) is 0 Å². The summed E-state index contributed by atoms with van der Waals surface area (Å²) in [4.78, 5) is 14.9. The largest absolute Gasteiger partial charge is 0.352 e. The number of carbonyl (C=O) groups is 1. The molecule has 4 nitrogen and oxygen atoms in total. The molecule has 0 fully saturated rings. The first kappa shape index (κ1) is 10.8. The highest BCUT2D eigenvalue weighted by atomic mass is 16.1. The molecule has 2 heterocycles. The maximum absolute atomic E-state index is 11.8. The fourth-order valence-corrected chi connectivity index (χ4v) is 2.22. The van der Waals surface area contributed by atoms with Crippen LogP contribution in [0.15, 0.2) is 36.5 Å². The highest BCUT2D eigenvalue weighted by Gasteiger charge is 2.17. The number of para-hydroxylation sites is 1. The Bertz CT molecular complexity index is 736. The number of hydrogen-bond donors (Lipinski definition) is 1. The summed E-state index contributed by atoms with van der Waals surface area (Å²) in [6.45, 7) is 1.57. The Balaban J connectivity index is 2.37. The van der Waals surface area contributed by atoms with Crippen LogP contribution in [-0.4, -0.2) is 20.5 Å². The summed E-state index contributed by atoms with van der Waals surface area (Å²) >= 11 is 0. The molecule has 0 bridgehead atoms. The summed E-state index contributed by atoms with van der Waals surface area (Å²) in [5, 5.41) is 5.42. The lowest BCUT2D eigenvalue weighted by Crippen LogP contribution is -1.96. The lowest BCUT2D eigenvalue weighted by Gasteiger charge is -1.98. The summed E-state index contributed by atoms with van der Waals surface area (Å²) in [7, 11) is 1.87. The van der Waals surface area contributed by atoms with Gasteiger partial charge in [0.05, 0.1) is 11.4 Å². The molecule has 1 N–H and O–H groups in total. The van der Waals surface area contributed by atoms with Gasteiger partial charge in [0.15, 0.2) is 5.78 Å². The number of ketones is 1. The van der Waals surface area contributed by atoms with Crippen molar-refractivity contribution in [2.45, 2.75) is 6.92 Å². The van der Waals surface area contributed by atoms with Gasteiger partial charge >= 0.3 is 0 Å². The third-order valence-electron chi connectivity index (χ3n) is 3.03. The minimum atomic E-state index is 0.0202. The lowest BCUT2D eigenvalue weighted by atomic mass is 10.1. The molecule has 3 aromatic rings. The highest BCUT2D eigenvalue weighted by molar-refractivity contribution is 6.09. The summed E-state index contributed by atoms with van der Waals surface area (Å²) < 4.78 is 1.74. The van der Waals surface area contributed by atoms with Crippen LogP contribution >= 0.6 is 0 Å². The van der Waals surface area contributed by atoms with Crippen molar-refractivity contribution < 1.29 is 4.79 Å². The predicted octanol–water partition coefficient (Wildman–Crippen LogP) is 2.77. The first-order valence-electron chi connectivity index (χ1n) is 5.78. The second-order valence-corrected chi connectivity index (χ2v) is 4.35. The Labute approximate surface area is 104 Å². The Hall–Kier alpha value is -2.36. The van der Waals surface area contributed by atoms with Crippen molar-refractivity contribution in [3.8, 4) is 11.3 Å². The number of nitrogens with one attached hydrogen (secondary N) is 1. The number of benzene rings is 1. The minimum absolute atomic E-state index is 0.0202. The summed E-state index contributed by atoms with van der Waals surface area (Å²) in [6, 6.07) is 9.80. The Morgan fingerprint density at radius 2 is 2.06 bits per heavy atom. The van der Waals surface area contributed by atoms with E-state index in [1.807, 2.05) is 43.6 Å². The van der Waals surface area contributed by atoms with Gasteiger partial charge < -0.3 is 4.98 Å². The first-order valence-corrected chi connectivity index (χ1v) is 5.78. The zero-order valence-electron chi connectivity index (χ0n) is 10.3. The van der Waals surface area contributed by atoms with E-state index in [4.69, 9.17) is 0 Å². The van der Waals surface area contributed by atoms with Crippen molar-refractivity contribution in [2.75, 3.05) is 0 Å². The normalized spacial score (nSPS) is 11.0. The number of aromatic amines is 1. The molecule has 4 heteroatoms. The molecule has 90 valence electrons. The van der Waals surface area contributed by atoms with Crippen LogP contribution in [0.1, 0.15) is 17.4 Å². The number of Topliss-reactive ketones (excluding diaryl/α,β-unsaturated/α-hetero) is 1. The lowest BCUT2D eigenvalue weighted by molar-refractivity contribution is 0.101. The topological polar surface area (TPSA) is 50.7 Å². The Kier molecular flexibility index (Phi) is 2.30. The van der Waals surface area contributed by atoms with Crippen molar-refractivity contribution in [2.24, 2.45) is 7.05 Å². The standard InChI is InChI=1S/C14H13N3O/c1-9(18)14-13(12-7-8-17(2)16-12)10-5-3-4-6-11(10)15-14/h3-8,15H,1-2H3. The molecule has 18 heavy (non-hydrogen) atoms. The monoisotopic (exact) mass is 239 g/mol. The van der Waals surface area contributed by atoms with Crippen molar-refractivity contribution in [1.82, 2.24) is 14.8 Å². The van der Waals surface area contributed by atoms with Crippen molar-refractivity contribution in [3.05, 3.63) is 42.2 Å². The molecule has 0 unspecified atom stereocenters. The van der Waals surface area contributed by atoms with Crippen LogP contribution in [0.25, 0.3) is 22.2 Å². The van der Waals surface area contributed by atoms with Gasteiger partial charge in [-0.25, -0.2) is 0 Å². The number of rotatable bonds is 2. The number of H-pyrrole nitrogens is 1. The van der Waals surface area contributed by atoms with Crippen molar-refractivity contribution in [1.29, 1.82) is 0 Å². The number of nitrogens with zero attached hydrogens (tertiary/aromatic N) is 2. The molecule has 0 saturated carbocycles. The van der Waals surface area contributed by atoms with Gasteiger partial charge in [0, 0.05) is 36.6 Å². The smallest absolute Gasteiger partial charge is 0.176 e. The molecule has 0 atom stereocenters. The highest BCUT2D eigenvalue weighted by Crippen LogP contribution is 2.31. The fourth-order valence-electron chi connectivity index (χ4n) is 2.22. The quantitative estimate of drug-likeness (QED) is 0.699. The molecule has 0 aliphatic heterocycles. The van der Waals surface area contributed by atoms with Gasteiger partial charge in [0.2, 0.25) is 0 Å². The second-order valence-electron chi connectivity index (χ2n) is 4.35. The maximum Gasteiger partial charge on any atom is 0.176 e. The van der Waals surface area contributed by atoms with Crippen LogP contribution in [-0.2, 0) is 7.05 Å². The average Bonchev–Trinajstić information content (AvgIpc) is 2.92. The Morgan fingerprint density at radius 3 is 2.72 bits per heavy atom. The third kappa shape index (κ3) is 1.54. The molecular weight excluding hydrogens is 226 g/mol. The van der Waals surface area contributed by atoms with E-state index < -0.39 is 0 Å². The van der Waals surface area contributed by atoms with Crippen LogP contribution in [0.2, 0.25) is 0 Å². The summed E-state index contributed by atoms with van der Waals surface area (Å²) in [6.07, 6.45) is 1.88. The van der Waals surface area contributed by atoms with Crippen LogP contribution in [0.4, 0.5) is 0 Å². The van der Waals surface area contributed by atoms with Gasteiger partial charge in [-0.05, 0) is 12.1 Å². The van der Waals surface area contributed by atoms with Gasteiger partial charge in [-0.2, -0.15) is 5.10 Å². The third-order valence-corrected chi connectivity index (χ3v) is 3.03. The summed E-state index contributed by atoms with van der Waals surface area (Å²) in [5.41, 5.74) is 3.29. The molecule has 0 radical (unpaired) electrons. The zero-order chi connectivity index (χ0) is 12.7. The predicted molar refractivity (Wildman–Crippen MR) is 70.5 cm³/mol. The molecule has 0 amide bonds. The van der Waals surface area contributed by atoms with Crippen LogP contribution in [0.3, 0.4) is 0 Å². The fraction of sp³-hybridized carbons (Fsp3) is 0.143. The minimum Gasteiger partial charge on any atom is -0.352 e. The maximum atomic E-state index is 11.8. The number of fused-ring (bicyclic) bond motifs is 1. The van der Waals surface area contributed by atoms with Crippen LogP contribution in [0.5, 0.6) is 0 Å². The SMILES string of the molecule is CC(=O)c1[nH]c2ccccc2c1-c1ccn(C)n1. The van der Waals surface area contributed by atoms with E-state index >= 15 is 0 Å². The van der Waals surface area contributed by atoms with Crippen LogP contribution < -0.4 is 0 Å². The molecular formula is C14H13N3O. The van der Waals surface area contributed by atoms with E-state index in [9.17, 15) is 4.79 Å². The van der Waals surface area contributed by atoms with E-state index in [-0.39, 0.29) is 5.78 Å². The van der Waals surface area contributed by atoms with Gasteiger partial charge in [0.1, 0.15) is 0 Å². The van der Waals surface area contributed by atoms with Crippen molar-refractivity contribution in [3.63, 3.8) is 0 Å². The molecule has 2 aromatic heterocycles. The average molecular weight is 239 g/mol. The first-order chi connectivity index (χ1) is 8.66. The zero-order valence-corrected chi connectivity index (χ0v) is 10.3. The molecule has 1 aromatic carbocycles.